The molecule has 0 aliphatic carbocycles. The van der Waals surface area contributed by atoms with Crippen LogP contribution in [0.5, 0.6) is 5.75 Å². The SMILES string of the molecule is Cc1cc(=O)oc2cc(OCCCCC(=O)NN)ccc12. The summed E-state index contributed by atoms with van der Waals surface area (Å²) in [5, 5.41) is 0.890. The van der Waals surface area contributed by atoms with Gasteiger partial charge < -0.3 is 9.15 Å². The lowest BCUT2D eigenvalue weighted by molar-refractivity contribution is -0.121. The molecule has 0 unspecified atom stereocenters. The van der Waals surface area contributed by atoms with Crippen molar-refractivity contribution in [2.75, 3.05) is 6.61 Å². The molecule has 0 saturated carbocycles. The summed E-state index contributed by atoms with van der Waals surface area (Å²) in [4.78, 5) is 22.3. The largest absolute Gasteiger partial charge is 0.493 e. The number of nitrogens with one attached hydrogen (secondary N) is 1. The van der Waals surface area contributed by atoms with Crippen molar-refractivity contribution in [2.45, 2.75) is 26.2 Å². The van der Waals surface area contributed by atoms with E-state index in [1.54, 1.807) is 6.07 Å². The standard InChI is InChI=1S/C15H18N2O4/c1-10-8-15(19)21-13-9-11(5-6-12(10)13)20-7-3-2-4-14(18)17-16/h5-6,8-9H,2-4,7,16H2,1H3,(H,17,18). The summed E-state index contributed by atoms with van der Waals surface area (Å²) < 4.78 is 10.7. The lowest BCUT2D eigenvalue weighted by Gasteiger charge is -2.07. The number of carbonyl (C=O) groups is 1. The molecule has 0 spiro atoms. The number of ether oxygens (including phenoxy) is 1. The van der Waals surface area contributed by atoms with Crippen molar-refractivity contribution in [1.82, 2.24) is 5.43 Å². The van der Waals surface area contributed by atoms with Gasteiger partial charge in [-0.1, -0.05) is 0 Å². The van der Waals surface area contributed by atoms with Gasteiger partial charge in [-0.3, -0.25) is 10.2 Å². The van der Waals surface area contributed by atoms with Crippen LogP contribution in [0.2, 0.25) is 0 Å². The molecule has 0 bridgehead atoms. The second-order valence-electron chi connectivity index (χ2n) is 4.78. The Balaban J connectivity index is 1.94. The van der Waals surface area contributed by atoms with Crippen LogP contribution in [0.3, 0.4) is 0 Å². The monoisotopic (exact) mass is 290 g/mol. The Labute approximate surface area is 121 Å². The van der Waals surface area contributed by atoms with Crippen LogP contribution in [0, 0.1) is 6.92 Å². The van der Waals surface area contributed by atoms with Gasteiger partial charge in [-0.15, -0.1) is 0 Å². The average molecular weight is 290 g/mol. The number of nitrogens with two attached hydrogens (primary N) is 1. The third kappa shape index (κ3) is 4.06. The van der Waals surface area contributed by atoms with E-state index >= 15 is 0 Å². The van der Waals surface area contributed by atoms with Crippen molar-refractivity contribution in [1.29, 1.82) is 0 Å². The second-order valence-corrected chi connectivity index (χ2v) is 4.78. The third-order valence-electron chi connectivity index (χ3n) is 3.15. The molecular weight excluding hydrogens is 272 g/mol. The maximum Gasteiger partial charge on any atom is 0.336 e. The highest BCUT2D eigenvalue weighted by Crippen LogP contribution is 2.22. The topological polar surface area (TPSA) is 94.6 Å². The molecule has 2 rings (SSSR count). The average Bonchev–Trinajstić information content (AvgIpc) is 2.46. The zero-order chi connectivity index (χ0) is 15.2. The second kappa shape index (κ2) is 6.90. The van der Waals surface area contributed by atoms with Crippen LogP contribution in [0.15, 0.2) is 33.5 Å². The Hall–Kier alpha value is -2.34. The van der Waals surface area contributed by atoms with Crippen LogP contribution in [-0.2, 0) is 4.79 Å². The zero-order valence-corrected chi connectivity index (χ0v) is 11.8. The van der Waals surface area contributed by atoms with Crippen LogP contribution in [0.1, 0.15) is 24.8 Å². The van der Waals surface area contributed by atoms with E-state index in [-0.39, 0.29) is 11.5 Å². The summed E-state index contributed by atoms with van der Waals surface area (Å²) in [6.07, 6.45) is 1.82. The van der Waals surface area contributed by atoms with Gasteiger partial charge in [0.15, 0.2) is 0 Å². The fraction of sp³-hybridized carbons (Fsp3) is 0.333. The molecule has 1 aromatic carbocycles. The summed E-state index contributed by atoms with van der Waals surface area (Å²) in [6.45, 7) is 2.35. The van der Waals surface area contributed by atoms with Gasteiger partial charge in [0, 0.05) is 23.9 Å². The van der Waals surface area contributed by atoms with E-state index in [2.05, 4.69) is 5.43 Å². The molecule has 6 nitrogen and oxygen atoms in total. The van der Waals surface area contributed by atoms with Gasteiger partial charge in [-0.25, -0.2) is 10.6 Å². The number of carbonyl (C=O) groups excluding carboxylic acids is 1. The normalized spacial score (nSPS) is 10.6. The number of benzene rings is 1. The minimum absolute atomic E-state index is 0.182. The Bertz CT molecular complexity index is 694. The minimum atomic E-state index is -0.370. The molecule has 0 atom stereocenters. The van der Waals surface area contributed by atoms with Crippen LogP contribution in [-0.4, -0.2) is 12.5 Å². The van der Waals surface area contributed by atoms with Crippen molar-refractivity contribution in [3.63, 3.8) is 0 Å². The van der Waals surface area contributed by atoms with Crippen molar-refractivity contribution in [2.24, 2.45) is 5.84 Å². The molecule has 0 radical (unpaired) electrons. The lowest BCUT2D eigenvalue weighted by Crippen LogP contribution is -2.29. The third-order valence-corrected chi connectivity index (χ3v) is 3.15. The summed E-state index contributed by atoms with van der Waals surface area (Å²) in [6, 6.07) is 6.87. The molecule has 3 N–H and O–H groups in total. The maximum absolute atomic E-state index is 11.4. The molecule has 1 amide bonds. The molecular formula is C15H18N2O4. The van der Waals surface area contributed by atoms with E-state index in [4.69, 9.17) is 15.0 Å². The highest BCUT2D eigenvalue weighted by atomic mass is 16.5. The quantitative estimate of drug-likeness (QED) is 0.277. The highest BCUT2D eigenvalue weighted by molar-refractivity contribution is 5.81. The Morgan fingerprint density at radius 2 is 2.14 bits per heavy atom. The maximum atomic E-state index is 11.4. The zero-order valence-electron chi connectivity index (χ0n) is 11.8. The molecule has 0 saturated heterocycles. The van der Waals surface area contributed by atoms with Gasteiger partial charge in [0.2, 0.25) is 5.91 Å². The van der Waals surface area contributed by atoms with Crippen LogP contribution in [0.25, 0.3) is 11.0 Å². The van der Waals surface area contributed by atoms with E-state index in [9.17, 15) is 9.59 Å². The molecule has 21 heavy (non-hydrogen) atoms. The van der Waals surface area contributed by atoms with E-state index in [0.29, 0.717) is 30.8 Å². The first-order chi connectivity index (χ1) is 10.1. The van der Waals surface area contributed by atoms with E-state index in [1.807, 2.05) is 19.1 Å². The summed E-state index contributed by atoms with van der Waals surface area (Å²) >= 11 is 0. The van der Waals surface area contributed by atoms with Crippen molar-refractivity contribution in [3.05, 3.63) is 40.2 Å². The van der Waals surface area contributed by atoms with Crippen LogP contribution >= 0.6 is 0 Å². The number of aryl methyl sites for hydroxylation is 1. The van der Waals surface area contributed by atoms with Gasteiger partial charge >= 0.3 is 5.63 Å². The number of unbranched alkanes of at least 4 members (excludes halogenated alkanes) is 1. The fourth-order valence-corrected chi connectivity index (χ4v) is 2.04. The predicted molar refractivity (Wildman–Crippen MR) is 78.9 cm³/mol. The van der Waals surface area contributed by atoms with Crippen molar-refractivity contribution in [3.8, 4) is 5.75 Å². The summed E-state index contributed by atoms with van der Waals surface area (Å²) in [5.74, 6) is 5.44. The van der Waals surface area contributed by atoms with Gasteiger partial charge in [0.1, 0.15) is 11.3 Å². The van der Waals surface area contributed by atoms with Crippen LogP contribution < -0.4 is 21.6 Å². The van der Waals surface area contributed by atoms with Gasteiger partial charge in [-0.05, 0) is 37.5 Å². The molecule has 0 aliphatic rings. The summed E-state index contributed by atoms with van der Waals surface area (Å²) in [7, 11) is 0. The predicted octanol–water partition coefficient (Wildman–Crippen LogP) is 1.64. The first kappa shape index (κ1) is 15.1. The summed E-state index contributed by atoms with van der Waals surface area (Å²) in [5.41, 5.74) is 3.10. The Morgan fingerprint density at radius 1 is 1.33 bits per heavy atom. The molecule has 2 aromatic rings. The van der Waals surface area contributed by atoms with Crippen molar-refractivity contribution >= 4 is 16.9 Å². The molecule has 6 heteroatoms. The smallest absolute Gasteiger partial charge is 0.336 e. The van der Waals surface area contributed by atoms with Gasteiger partial charge in [0.25, 0.3) is 0 Å². The number of fused-ring (bicyclic) bond motifs is 1. The van der Waals surface area contributed by atoms with E-state index in [0.717, 1.165) is 17.4 Å². The molecule has 1 heterocycles. The number of rotatable bonds is 6. The fourth-order valence-electron chi connectivity index (χ4n) is 2.04. The van der Waals surface area contributed by atoms with Crippen LogP contribution in [0.4, 0.5) is 0 Å². The Kier molecular flexibility index (Phi) is 4.94. The molecule has 0 fully saturated rings. The number of hydrogen-bond donors (Lipinski definition) is 2. The number of amides is 1. The number of hydrazine groups is 1. The number of hydrogen-bond acceptors (Lipinski definition) is 5. The molecule has 0 aliphatic heterocycles. The molecule has 1 aromatic heterocycles. The van der Waals surface area contributed by atoms with E-state index < -0.39 is 0 Å². The minimum Gasteiger partial charge on any atom is -0.493 e. The van der Waals surface area contributed by atoms with Crippen molar-refractivity contribution < 1.29 is 13.9 Å². The first-order valence-corrected chi connectivity index (χ1v) is 6.77. The van der Waals surface area contributed by atoms with Gasteiger partial charge in [0.05, 0.1) is 6.61 Å². The van der Waals surface area contributed by atoms with E-state index in [1.165, 1.54) is 6.07 Å². The first-order valence-electron chi connectivity index (χ1n) is 6.77. The van der Waals surface area contributed by atoms with Gasteiger partial charge in [-0.2, -0.15) is 0 Å². The Morgan fingerprint density at radius 3 is 2.90 bits per heavy atom. The highest BCUT2D eigenvalue weighted by Gasteiger charge is 2.04. The molecule has 112 valence electrons. The lowest BCUT2D eigenvalue weighted by atomic mass is 10.1.